The van der Waals surface area contributed by atoms with Gasteiger partial charge in [0.25, 0.3) is 0 Å². The largest absolute Gasteiger partial charge is 0.0530 e. The number of hydrogen-bond acceptors (Lipinski definition) is 0. The molecule has 2 bridgehead atoms. The van der Waals surface area contributed by atoms with E-state index in [9.17, 15) is 0 Å². The van der Waals surface area contributed by atoms with Gasteiger partial charge in [-0.15, -0.1) is 0 Å². The SMILES string of the molecule is C1CC[C@H]2CCC[C@@H](C1)C2. The second-order valence-electron chi connectivity index (χ2n) is 4.18. The molecule has 0 amide bonds. The van der Waals surface area contributed by atoms with E-state index in [1.165, 1.54) is 19.3 Å². The van der Waals surface area contributed by atoms with E-state index in [2.05, 4.69) is 0 Å². The van der Waals surface area contributed by atoms with Crippen molar-refractivity contribution in [3.05, 3.63) is 0 Å². The van der Waals surface area contributed by atoms with E-state index in [1.807, 2.05) is 0 Å². The zero-order chi connectivity index (χ0) is 6.81. The van der Waals surface area contributed by atoms with Gasteiger partial charge in [-0.2, -0.15) is 0 Å². The highest BCUT2D eigenvalue weighted by atomic mass is 14.3. The van der Waals surface area contributed by atoms with Gasteiger partial charge in [-0.05, 0) is 18.3 Å². The molecule has 0 aliphatic heterocycles. The van der Waals surface area contributed by atoms with Crippen molar-refractivity contribution in [2.24, 2.45) is 11.8 Å². The minimum atomic E-state index is 1.14. The molecule has 0 unspecified atom stereocenters. The van der Waals surface area contributed by atoms with Gasteiger partial charge in [0.2, 0.25) is 0 Å². The molecule has 0 nitrogen and oxygen atoms in total. The second kappa shape index (κ2) is 2.94. The summed E-state index contributed by atoms with van der Waals surface area (Å²) < 4.78 is 0. The molecule has 0 aromatic heterocycles. The molecule has 0 aromatic rings. The molecule has 0 spiro atoms. The topological polar surface area (TPSA) is 0 Å². The summed E-state index contributed by atoms with van der Waals surface area (Å²) >= 11 is 0. The Morgan fingerprint density at radius 2 is 1.10 bits per heavy atom. The summed E-state index contributed by atoms with van der Waals surface area (Å²) in [4.78, 5) is 0. The zero-order valence-electron chi connectivity index (χ0n) is 6.81. The maximum atomic E-state index is 1.58. The molecule has 2 fully saturated rings. The molecule has 10 heavy (non-hydrogen) atoms. The highest BCUT2D eigenvalue weighted by molar-refractivity contribution is 4.76. The van der Waals surface area contributed by atoms with E-state index < -0.39 is 0 Å². The molecule has 2 aliphatic carbocycles. The minimum absolute atomic E-state index is 1.14. The molecule has 0 heteroatoms. The van der Waals surface area contributed by atoms with Crippen LogP contribution in [0.5, 0.6) is 0 Å². The number of rotatable bonds is 0. The fraction of sp³-hybridized carbons (Fsp3) is 1.00. The van der Waals surface area contributed by atoms with E-state index >= 15 is 0 Å². The van der Waals surface area contributed by atoms with Crippen LogP contribution >= 0.6 is 0 Å². The first kappa shape index (κ1) is 6.69. The van der Waals surface area contributed by atoms with Crippen LogP contribution in [-0.4, -0.2) is 0 Å². The normalized spacial score (nSPS) is 40.8. The molecule has 0 N–H and O–H groups in total. The Morgan fingerprint density at radius 1 is 0.600 bits per heavy atom. The molecule has 0 radical (unpaired) electrons. The van der Waals surface area contributed by atoms with Gasteiger partial charge in [0, 0.05) is 0 Å². The molecule has 0 aromatic carbocycles. The molecule has 2 atom stereocenters. The van der Waals surface area contributed by atoms with E-state index in [0.29, 0.717) is 0 Å². The van der Waals surface area contributed by atoms with Crippen molar-refractivity contribution in [1.29, 1.82) is 0 Å². The minimum Gasteiger partial charge on any atom is -0.0530 e. The van der Waals surface area contributed by atoms with Gasteiger partial charge < -0.3 is 0 Å². The third-order valence-electron chi connectivity index (χ3n) is 3.37. The van der Waals surface area contributed by atoms with Crippen molar-refractivity contribution in [1.82, 2.24) is 0 Å². The summed E-state index contributed by atoms with van der Waals surface area (Å²) in [5, 5.41) is 0. The van der Waals surface area contributed by atoms with Gasteiger partial charge in [0.1, 0.15) is 0 Å². The fourth-order valence-corrected chi connectivity index (χ4v) is 2.79. The summed E-state index contributed by atoms with van der Waals surface area (Å²) in [6.45, 7) is 0. The Bertz CT molecular complexity index is 94.6. The molecule has 2 rings (SSSR count). The summed E-state index contributed by atoms with van der Waals surface area (Å²) in [6.07, 6.45) is 12.4. The Balaban J connectivity index is 1.96. The highest BCUT2D eigenvalue weighted by Gasteiger charge is 2.23. The van der Waals surface area contributed by atoms with Gasteiger partial charge in [-0.3, -0.25) is 0 Å². The lowest BCUT2D eigenvalue weighted by Gasteiger charge is -2.25. The van der Waals surface area contributed by atoms with Gasteiger partial charge in [0.05, 0.1) is 0 Å². The van der Waals surface area contributed by atoms with Crippen LogP contribution in [0.15, 0.2) is 0 Å². The first-order valence-electron chi connectivity index (χ1n) is 4.95. The van der Waals surface area contributed by atoms with Crippen LogP contribution in [0.1, 0.15) is 51.4 Å². The van der Waals surface area contributed by atoms with Crippen LogP contribution in [0.4, 0.5) is 0 Å². The first-order valence-corrected chi connectivity index (χ1v) is 4.95. The van der Waals surface area contributed by atoms with Crippen molar-refractivity contribution in [2.45, 2.75) is 51.4 Å². The number of hydrogen-bond donors (Lipinski definition) is 0. The molecule has 58 valence electrons. The average Bonchev–Trinajstić information content (AvgIpc) is 2.12. The van der Waals surface area contributed by atoms with Gasteiger partial charge in [0.15, 0.2) is 0 Å². The van der Waals surface area contributed by atoms with Gasteiger partial charge >= 0.3 is 0 Å². The Morgan fingerprint density at radius 3 is 1.70 bits per heavy atom. The van der Waals surface area contributed by atoms with E-state index in [0.717, 1.165) is 11.8 Å². The van der Waals surface area contributed by atoms with Crippen LogP contribution in [0, 0.1) is 11.8 Å². The summed E-state index contributed by atoms with van der Waals surface area (Å²) in [6, 6.07) is 0. The van der Waals surface area contributed by atoms with Crippen molar-refractivity contribution in [2.75, 3.05) is 0 Å². The molecule has 0 heterocycles. The second-order valence-corrected chi connectivity index (χ2v) is 4.18. The maximum Gasteiger partial charge on any atom is -0.0412 e. The van der Waals surface area contributed by atoms with E-state index in [-0.39, 0.29) is 0 Å². The van der Waals surface area contributed by atoms with Crippen molar-refractivity contribution < 1.29 is 0 Å². The van der Waals surface area contributed by atoms with Crippen molar-refractivity contribution >= 4 is 0 Å². The predicted octanol–water partition coefficient (Wildman–Crippen LogP) is 3.37. The van der Waals surface area contributed by atoms with Crippen molar-refractivity contribution in [3.63, 3.8) is 0 Å². The molecular weight excluding hydrogens is 120 g/mol. The predicted molar refractivity (Wildman–Crippen MR) is 43.9 cm³/mol. The Labute approximate surface area is 64.0 Å². The van der Waals surface area contributed by atoms with Gasteiger partial charge in [-0.25, -0.2) is 0 Å². The molecule has 2 saturated carbocycles. The van der Waals surface area contributed by atoms with Gasteiger partial charge in [-0.1, -0.05) is 44.9 Å². The third kappa shape index (κ3) is 1.36. The lowest BCUT2D eigenvalue weighted by molar-refractivity contribution is 0.271. The lowest BCUT2D eigenvalue weighted by Crippen LogP contribution is -2.12. The van der Waals surface area contributed by atoms with Crippen LogP contribution < -0.4 is 0 Å². The quantitative estimate of drug-likeness (QED) is 0.481. The standard InChI is InChI=1S/C10H18/c1-2-5-10-7-3-6-9(4-1)8-10/h9-10H,1-8H2/t9-,10+. The Hall–Kier alpha value is 0. The molecule has 2 aliphatic rings. The first-order chi connectivity index (χ1) is 4.95. The third-order valence-corrected chi connectivity index (χ3v) is 3.37. The van der Waals surface area contributed by atoms with Crippen molar-refractivity contribution in [3.8, 4) is 0 Å². The van der Waals surface area contributed by atoms with Crippen LogP contribution in [-0.2, 0) is 0 Å². The van der Waals surface area contributed by atoms with E-state index in [4.69, 9.17) is 0 Å². The average molecular weight is 138 g/mol. The zero-order valence-corrected chi connectivity index (χ0v) is 6.81. The fourth-order valence-electron chi connectivity index (χ4n) is 2.79. The maximum absolute atomic E-state index is 1.58. The molecular formula is C10H18. The smallest absolute Gasteiger partial charge is 0.0412 e. The Kier molecular flexibility index (Phi) is 1.97. The molecule has 0 saturated heterocycles. The van der Waals surface area contributed by atoms with Crippen LogP contribution in [0.2, 0.25) is 0 Å². The summed E-state index contributed by atoms with van der Waals surface area (Å²) in [5.74, 6) is 2.28. The monoisotopic (exact) mass is 138 g/mol. The number of fused-ring (bicyclic) bond motifs is 2. The summed E-state index contributed by atoms with van der Waals surface area (Å²) in [7, 11) is 0. The van der Waals surface area contributed by atoms with E-state index in [1.54, 1.807) is 32.1 Å². The lowest BCUT2D eigenvalue weighted by atomic mass is 9.81. The van der Waals surface area contributed by atoms with Crippen LogP contribution in [0.3, 0.4) is 0 Å². The summed E-state index contributed by atoms with van der Waals surface area (Å²) in [5.41, 5.74) is 0. The highest BCUT2D eigenvalue weighted by Crippen LogP contribution is 2.37. The van der Waals surface area contributed by atoms with Crippen LogP contribution in [0.25, 0.3) is 0 Å².